The van der Waals surface area contributed by atoms with Crippen LogP contribution in [0.5, 0.6) is 0 Å². The molecule has 1 heterocycles. The van der Waals surface area contributed by atoms with Gasteiger partial charge in [-0.3, -0.25) is 9.69 Å². The Morgan fingerprint density at radius 2 is 1.81 bits per heavy atom. The maximum Gasteiger partial charge on any atom is 0.238 e. The monoisotopic (exact) mass is 327 g/mol. The van der Waals surface area contributed by atoms with E-state index in [1.807, 2.05) is 0 Å². The second kappa shape index (κ2) is 6.03. The van der Waals surface area contributed by atoms with Crippen LogP contribution in [-0.4, -0.2) is 30.4 Å². The molecule has 0 spiro atoms. The lowest BCUT2D eigenvalue weighted by Gasteiger charge is -2.17. The van der Waals surface area contributed by atoms with Crippen LogP contribution >= 0.6 is 23.2 Å². The Morgan fingerprint density at radius 1 is 1.24 bits per heavy atom. The van der Waals surface area contributed by atoms with Crippen molar-refractivity contribution in [3.63, 3.8) is 0 Å². The third kappa shape index (κ3) is 3.28. The minimum absolute atomic E-state index is 0.0801. The molecule has 2 aliphatic rings. The van der Waals surface area contributed by atoms with E-state index in [0.29, 0.717) is 28.0 Å². The summed E-state index contributed by atoms with van der Waals surface area (Å²) in [6.07, 6.45) is 3.95. The smallest absolute Gasteiger partial charge is 0.238 e. The molecule has 1 aliphatic heterocycles. The zero-order valence-corrected chi connectivity index (χ0v) is 13.3. The summed E-state index contributed by atoms with van der Waals surface area (Å²) in [7, 11) is 0. The van der Waals surface area contributed by atoms with Gasteiger partial charge in [0.05, 0.1) is 22.3 Å². The Kier molecular flexibility index (Phi) is 4.29. The number of anilines is 2. The third-order valence-electron chi connectivity index (χ3n) is 4.50. The first-order valence-electron chi connectivity index (χ1n) is 7.29. The Morgan fingerprint density at radius 3 is 2.38 bits per heavy atom. The summed E-state index contributed by atoms with van der Waals surface area (Å²) in [5, 5.41) is 3.53. The second-order valence-electron chi connectivity index (χ2n) is 6.05. The normalized spacial score (nSPS) is 25.0. The van der Waals surface area contributed by atoms with E-state index >= 15 is 0 Å². The summed E-state index contributed by atoms with van der Waals surface area (Å²) in [4.78, 5) is 14.4. The summed E-state index contributed by atoms with van der Waals surface area (Å²) in [6, 6.07) is 3.17. The lowest BCUT2D eigenvalue weighted by Crippen LogP contribution is -2.32. The molecule has 6 heteroatoms. The van der Waals surface area contributed by atoms with Crippen molar-refractivity contribution < 1.29 is 4.79 Å². The Labute approximate surface area is 134 Å². The largest absolute Gasteiger partial charge is 0.399 e. The van der Waals surface area contributed by atoms with Gasteiger partial charge in [-0.05, 0) is 36.8 Å². The van der Waals surface area contributed by atoms with E-state index in [1.165, 1.54) is 19.3 Å². The first-order valence-corrected chi connectivity index (χ1v) is 8.05. The molecule has 2 unspecified atom stereocenters. The van der Waals surface area contributed by atoms with Crippen molar-refractivity contribution in [3.05, 3.63) is 22.2 Å². The summed E-state index contributed by atoms with van der Waals surface area (Å²) < 4.78 is 0. The SMILES string of the molecule is Nc1cc(Cl)c(NC(=O)CN2CC3CCCC3C2)c(Cl)c1. The molecule has 1 saturated heterocycles. The quantitative estimate of drug-likeness (QED) is 0.838. The fourth-order valence-corrected chi connectivity index (χ4v) is 4.15. The number of nitrogens with one attached hydrogen (secondary N) is 1. The molecule has 2 fully saturated rings. The van der Waals surface area contributed by atoms with Crippen LogP contribution in [0.4, 0.5) is 11.4 Å². The van der Waals surface area contributed by atoms with Gasteiger partial charge in [0.2, 0.25) is 5.91 Å². The van der Waals surface area contributed by atoms with Crippen LogP contribution in [0.25, 0.3) is 0 Å². The van der Waals surface area contributed by atoms with Crippen LogP contribution in [0.15, 0.2) is 12.1 Å². The lowest BCUT2D eigenvalue weighted by molar-refractivity contribution is -0.117. The Hall–Kier alpha value is -0.970. The fraction of sp³-hybridized carbons (Fsp3) is 0.533. The van der Waals surface area contributed by atoms with Gasteiger partial charge in [0.25, 0.3) is 0 Å². The average molecular weight is 328 g/mol. The van der Waals surface area contributed by atoms with E-state index in [0.717, 1.165) is 24.9 Å². The van der Waals surface area contributed by atoms with Gasteiger partial charge in [0, 0.05) is 18.8 Å². The number of halogens is 2. The van der Waals surface area contributed by atoms with Crippen LogP contribution < -0.4 is 11.1 Å². The number of fused-ring (bicyclic) bond motifs is 1. The predicted molar refractivity (Wildman–Crippen MR) is 86.8 cm³/mol. The molecule has 3 rings (SSSR count). The van der Waals surface area contributed by atoms with Gasteiger partial charge in [0.1, 0.15) is 0 Å². The van der Waals surface area contributed by atoms with Crippen molar-refractivity contribution >= 4 is 40.5 Å². The fourth-order valence-electron chi connectivity index (χ4n) is 3.56. The first kappa shape index (κ1) is 14.9. The molecule has 1 aliphatic carbocycles. The molecular formula is C15H19Cl2N3O. The van der Waals surface area contributed by atoms with Crippen LogP contribution in [0.1, 0.15) is 19.3 Å². The second-order valence-corrected chi connectivity index (χ2v) is 6.87. The lowest BCUT2D eigenvalue weighted by atomic mass is 10.0. The number of likely N-dealkylation sites (tertiary alicyclic amines) is 1. The van der Waals surface area contributed by atoms with E-state index in [-0.39, 0.29) is 5.91 Å². The van der Waals surface area contributed by atoms with E-state index in [2.05, 4.69) is 10.2 Å². The van der Waals surface area contributed by atoms with Gasteiger partial charge in [-0.1, -0.05) is 29.6 Å². The number of carbonyl (C=O) groups excluding carboxylic acids is 1. The van der Waals surface area contributed by atoms with E-state index < -0.39 is 0 Å². The van der Waals surface area contributed by atoms with Crippen molar-refractivity contribution in [3.8, 4) is 0 Å². The summed E-state index contributed by atoms with van der Waals surface area (Å²) in [5.41, 5.74) is 6.58. The number of nitrogens with zero attached hydrogens (tertiary/aromatic N) is 1. The van der Waals surface area contributed by atoms with Crippen LogP contribution in [0.2, 0.25) is 10.0 Å². The molecule has 0 bridgehead atoms. The molecule has 4 nitrogen and oxygen atoms in total. The van der Waals surface area contributed by atoms with Gasteiger partial charge in [-0.2, -0.15) is 0 Å². The molecule has 3 N–H and O–H groups in total. The van der Waals surface area contributed by atoms with Gasteiger partial charge in [-0.25, -0.2) is 0 Å². The highest BCUT2D eigenvalue weighted by atomic mass is 35.5. The minimum atomic E-state index is -0.0801. The number of carbonyl (C=O) groups is 1. The number of amides is 1. The summed E-state index contributed by atoms with van der Waals surface area (Å²) >= 11 is 12.2. The Balaban J connectivity index is 1.60. The molecule has 2 atom stereocenters. The molecule has 1 amide bonds. The number of hydrogen-bond acceptors (Lipinski definition) is 3. The van der Waals surface area contributed by atoms with Crippen molar-refractivity contribution in [1.29, 1.82) is 0 Å². The molecule has 1 aromatic carbocycles. The van der Waals surface area contributed by atoms with E-state index in [4.69, 9.17) is 28.9 Å². The van der Waals surface area contributed by atoms with Crippen molar-refractivity contribution in [2.75, 3.05) is 30.7 Å². The van der Waals surface area contributed by atoms with E-state index in [1.54, 1.807) is 12.1 Å². The van der Waals surface area contributed by atoms with Crippen LogP contribution in [-0.2, 0) is 4.79 Å². The first-order chi connectivity index (χ1) is 10.0. The maximum atomic E-state index is 12.2. The average Bonchev–Trinajstić information content (AvgIpc) is 2.94. The summed E-state index contributed by atoms with van der Waals surface area (Å²) in [6.45, 7) is 2.45. The number of benzene rings is 1. The van der Waals surface area contributed by atoms with Gasteiger partial charge < -0.3 is 11.1 Å². The summed E-state index contributed by atoms with van der Waals surface area (Å²) in [5.74, 6) is 1.48. The predicted octanol–water partition coefficient (Wildman–Crippen LogP) is 3.25. The highest BCUT2D eigenvalue weighted by Crippen LogP contribution is 2.37. The van der Waals surface area contributed by atoms with E-state index in [9.17, 15) is 4.79 Å². The number of hydrogen-bond donors (Lipinski definition) is 2. The van der Waals surface area contributed by atoms with Crippen molar-refractivity contribution in [1.82, 2.24) is 4.90 Å². The molecular weight excluding hydrogens is 309 g/mol. The third-order valence-corrected chi connectivity index (χ3v) is 5.09. The van der Waals surface area contributed by atoms with Gasteiger partial charge in [0.15, 0.2) is 0 Å². The molecule has 21 heavy (non-hydrogen) atoms. The number of nitrogen functional groups attached to an aromatic ring is 1. The Bertz CT molecular complexity index is 529. The van der Waals surface area contributed by atoms with Gasteiger partial charge >= 0.3 is 0 Å². The number of nitrogens with two attached hydrogens (primary N) is 1. The maximum absolute atomic E-state index is 12.2. The van der Waals surface area contributed by atoms with Gasteiger partial charge in [-0.15, -0.1) is 0 Å². The molecule has 114 valence electrons. The van der Waals surface area contributed by atoms with Crippen molar-refractivity contribution in [2.45, 2.75) is 19.3 Å². The standard InChI is InChI=1S/C15H19Cl2N3O/c16-12-4-11(18)5-13(17)15(12)19-14(21)8-20-6-9-2-1-3-10(9)7-20/h4-5,9-10H,1-3,6-8,18H2,(H,19,21). The minimum Gasteiger partial charge on any atom is -0.399 e. The topological polar surface area (TPSA) is 58.4 Å². The zero-order valence-electron chi connectivity index (χ0n) is 11.7. The highest BCUT2D eigenvalue weighted by Gasteiger charge is 2.36. The van der Waals surface area contributed by atoms with Crippen LogP contribution in [0, 0.1) is 11.8 Å². The number of rotatable bonds is 3. The van der Waals surface area contributed by atoms with Crippen molar-refractivity contribution in [2.24, 2.45) is 11.8 Å². The molecule has 1 aromatic rings. The zero-order chi connectivity index (χ0) is 15.0. The molecule has 0 radical (unpaired) electrons. The molecule has 0 aromatic heterocycles. The highest BCUT2D eigenvalue weighted by molar-refractivity contribution is 6.40. The van der Waals surface area contributed by atoms with Crippen LogP contribution in [0.3, 0.4) is 0 Å². The molecule has 1 saturated carbocycles.